The van der Waals surface area contributed by atoms with Gasteiger partial charge in [0.2, 0.25) is 21.8 Å². The third kappa shape index (κ3) is 6.03. The molecular formula is C22H33N3O5S2. The Balaban J connectivity index is 1.75. The first kappa shape index (κ1) is 25.0. The summed E-state index contributed by atoms with van der Waals surface area (Å²) in [7, 11) is -2.06. The maximum atomic E-state index is 13.3. The molecule has 1 aliphatic carbocycles. The maximum absolute atomic E-state index is 13.3. The van der Waals surface area contributed by atoms with Crippen LogP contribution in [0.15, 0.2) is 28.0 Å². The van der Waals surface area contributed by atoms with Crippen LogP contribution in [0.3, 0.4) is 0 Å². The van der Waals surface area contributed by atoms with E-state index in [0.717, 1.165) is 37.0 Å². The normalized spacial score (nSPS) is 17.5. The molecule has 1 fully saturated rings. The highest BCUT2D eigenvalue weighted by atomic mass is 32.2. The first-order chi connectivity index (χ1) is 15.3. The molecule has 178 valence electrons. The molecule has 0 bridgehead atoms. The Labute approximate surface area is 195 Å². The molecule has 2 amide bonds. The van der Waals surface area contributed by atoms with Gasteiger partial charge in [-0.2, -0.15) is 4.31 Å². The van der Waals surface area contributed by atoms with Crippen LogP contribution in [0.5, 0.6) is 0 Å². The quantitative estimate of drug-likeness (QED) is 0.514. The average molecular weight is 484 g/mol. The van der Waals surface area contributed by atoms with Crippen molar-refractivity contribution < 1.29 is 22.7 Å². The Morgan fingerprint density at radius 3 is 2.75 bits per heavy atom. The molecule has 0 radical (unpaired) electrons. The molecule has 3 rings (SSSR count). The number of benzene rings is 1. The van der Waals surface area contributed by atoms with Crippen LogP contribution in [-0.2, 0) is 24.3 Å². The number of thioether (sulfide) groups is 1. The third-order valence-electron chi connectivity index (χ3n) is 5.93. The molecule has 32 heavy (non-hydrogen) atoms. The summed E-state index contributed by atoms with van der Waals surface area (Å²) in [5.74, 6) is -0.263. The van der Waals surface area contributed by atoms with Gasteiger partial charge < -0.3 is 15.0 Å². The molecule has 1 heterocycles. The van der Waals surface area contributed by atoms with Gasteiger partial charge in [0.25, 0.3) is 0 Å². The van der Waals surface area contributed by atoms with E-state index in [1.165, 1.54) is 27.0 Å². The van der Waals surface area contributed by atoms with Crippen LogP contribution in [0, 0.1) is 0 Å². The Morgan fingerprint density at radius 2 is 2.03 bits per heavy atom. The standard InChI is InChI=1S/C22H33N3O5S2/c1-3-30-13-7-12-23-21(26)15-25-19-14-18(10-11-20(19)31-16-22(25)27)32(28,29)24(2)17-8-5-4-6-9-17/h10-11,14,17H,3-9,12-13,15-16H2,1-2H3,(H,23,26). The van der Waals surface area contributed by atoms with Crippen molar-refractivity contribution in [2.24, 2.45) is 0 Å². The zero-order chi connectivity index (χ0) is 23.1. The predicted octanol–water partition coefficient (Wildman–Crippen LogP) is 2.62. The minimum Gasteiger partial charge on any atom is -0.382 e. The van der Waals surface area contributed by atoms with Gasteiger partial charge in [0.15, 0.2) is 0 Å². The van der Waals surface area contributed by atoms with Crippen molar-refractivity contribution in [1.82, 2.24) is 9.62 Å². The highest BCUT2D eigenvalue weighted by molar-refractivity contribution is 8.00. The van der Waals surface area contributed by atoms with Gasteiger partial charge in [-0.3, -0.25) is 9.59 Å². The van der Waals surface area contributed by atoms with Gasteiger partial charge in [-0.25, -0.2) is 8.42 Å². The number of sulfonamides is 1. The minimum absolute atomic E-state index is 0.000594. The number of carbonyl (C=O) groups is 2. The second kappa shape index (κ2) is 11.5. The van der Waals surface area contributed by atoms with Crippen LogP contribution < -0.4 is 10.2 Å². The number of carbonyl (C=O) groups excluding carboxylic acids is 2. The van der Waals surface area contributed by atoms with E-state index in [9.17, 15) is 18.0 Å². The number of hydrogen-bond acceptors (Lipinski definition) is 6. The third-order valence-corrected chi connectivity index (χ3v) is 8.89. The number of amides is 2. The van der Waals surface area contributed by atoms with Gasteiger partial charge in [0.05, 0.1) is 16.3 Å². The van der Waals surface area contributed by atoms with E-state index in [2.05, 4.69) is 5.32 Å². The lowest BCUT2D eigenvalue weighted by molar-refractivity contribution is -0.123. The van der Waals surface area contributed by atoms with E-state index in [0.29, 0.717) is 31.9 Å². The number of fused-ring (bicyclic) bond motifs is 1. The van der Waals surface area contributed by atoms with Gasteiger partial charge in [0, 0.05) is 37.7 Å². The van der Waals surface area contributed by atoms with E-state index in [4.69, 9.17) is 4.74 Å². The van der Waals surface area contributed by atoms with Crippen LogP contribution >= 0.6 is 11.8 Å². The highest BCUT2D eigenvalue weighted by Gasteiger charge is 2.32. The van der Waals surface area contributed by atoms with E-state index < -0.39 is 10.0 Å². The first-order valence-electron chi connectivity index (χ1n) is 11.2. The molecule has 1 aromatic carbocycles. The summed E-state index contributed by atoms with van der Waals surface area (Å²) < 4.78 is 33.3. The largest absolute Gasteiger partial charge is 0.382 e. The summed E-state index contributed by atoms with van der Waals surface area (Å²) in [6.07, 6.45) is 5.64. The molecule has 10 heteroatoms. The zero-order valence-electron chi connectivity index (χ0n) is 18.8. The van der Waals surface area contributed by atoms with Gasteiger partial charge in [-0.1, -0.05) is 19.3 Å². The number of ether oxygens (including phenoxy) is 1. The van der Waals surface area contributed by atoms with Crippen LogP contribution in [0.1, 0.15) is 45.4 Å². The Bertz CT molecular complexity index is 916. The van der Waals surface area contributed by atoms with E-state index in [-0.39, 0.29) is 35.0 Å². The van der Waals surface area contributed by atoms with Crippen molar-refractivity contribution in [2.75, 3.05) is 44.0 Å². The van der Waals surface area contributed by atoms with Crippen molar-refractivity contribution >= 4 is 39.3 Å². The summed E-state index contributed by atoms with van der Waals surface area (Å²) in [5.41, 5.74) is 0.480. The van der Waals surface area contributed by atoms with Crippen molar-refractivity contribution in [2.45, 2.75) is 61.3 Å². The summed E-state index contributed by atoms with van der Waals surface area (Å²) in [6.45, 7) is 3.43. The lowest BCUT2D eigenvalue weighted by Gasteiger charge is -2.32. The monoisotopic (exact) mass is 483 g/mol. The molecule has 1 aliphatic heterocycles. The molecule has 1 saturated carbocycles. The van der Waals surface area contributed by atoms with Gasteiger partial charge in [-0.15, -0.1) is 11.8 Å². The summed E-state index contributed by atoms with van der Waals surface area (Å²) in [5, 5.41) is 2.80. The van der Waals surface area contributed by atoms with Crippen LogP contribution in [0.25, 0.3) is 0 Å². The van der Waals surface area contributed by atoms with Crippen molar-refractivity contribution in [1.29, 1.82) is 0 Å². The Hall–Kier alpha value is -1.62. The first-order valence-corrected chi connectivity index (χ1v) is 13.7. The minimum atomic E-state index is -3.69. The molecule has 0 atom stereocenters. The predicted molar refractivity (Wildman–Crippen MR) is 125 cm³/mol. The number of rotatable bonds is 10. The number of nitrogens with one attached hydrogen (secondary N) is 1. The summed E-state index contributed by atoms with van der Waals surface area (Å²) >= 11 is 1.36. The summed E-state index contributed by atoms with van der Waals surface area (Å²) in [4.78, 5) is 27.4. The smallest absolute Gasteiger partial charge is 0.243 e. The Kier molecular flexibility index (Phi) is 8.98. The van der Waals surface area contributed by atoms with Gasteiger partial charge in [0.1, 0.15) is 6.54 Å². The van der Waals surface area contributed by atoms with Crippen LogP contribution in [0.2, 0.25) is 0 Å². The molecule has 2 aliphatic rings. The van der Waals surface area contributed by atoms with Crippen molar-refractivity contribution in [3.63, 3.8) is 0 Å². The molecular weight excluding hydrogens is 450 g/mol. The fourth-order valence-corrected chi connectivity index (χ4v) is 6.42. The number of anilines is 1. The average Bonchev–Trinajstić information content (AvgIpc) is 2.80. The van der Waals surface area contributed by atoms with E-state index >= 15 is 0 Å². The van der Waals surface area contributed by atoms with E-state index in [1.807, 2.05) is 6.92 Å². The molecule has 1 N–H and O–H groups in total. The van der Waals surface area contributed by atoms with E-state index in [1.54, 1.807) is 19.2 Å². The number of hydrogen-bond donors (Lipinski definition) is 1. The number of nitrogens with zero attached hydrogens (tertiary/aromatic N) is 2. The second-order valence-electron chi connectivity index (χ2n) is 8.11. The zero-order valence-corrected chi connectivity index (χ0v) is 20.5. The molecule has 0 unspecified atom stereocenters. The molecule has 0 aromatic heterocycles. The van der Waals surface area contributed by atoms with Gasteiger partial charge in [-0.05, 0) is 44.4 Å². The van der Waals surface area contributed by atoms with Gasteiger partial charge >= 0.3 is 0 Å². The summed E-state index contributed by atoms with van der Waals surface area (Å²) in [6, 6.07) is 4.87. The molecule has 0 saturated heterocycles. The topological polar surface area (TPSA) is 96.0 Å². The fourth-order valence-electron chi connectivity index (χ4n) is 4.07. The maximum Gasteiger partial charge on any atom is 0.243 e. The second-order valence-corrected chi connectivity index (χ2v) is 11.1. The Morgan fingerprint density at radius 1 is 1.28 bits per heavy atom. The lowest BCUT2D eigenvalue weighted by atomic mass is 9.96. The SMILES string of the molecule is CCOCCCNC(=O)CN1C(=O)CSc2ccc(S(=O)(=O)N(C)C3CCCCC3)cc21. The van der Waals surface area contributed by atoms with Crippen molar-refractivity contribution in [3.05, 3.63) is 18.2 Å². The van der Waals surface area contributed by atoms with Crippen molar-refractivity contribution in [3.8, 4) is 0 Å². The van der Waals surface area contributed by atoms with Crippen LogP contribution in [0.4, 0.5) is 5.69 Å². The fraction of sp³-hybridized carbons (Fsp3) is 0.636. The molecule has 8 nitrogen and oxygen atoms in total. The molecule has 1 aromatic rings. The molecule has 0 spiro atoms. The highest BCUT2D eigenvalue weighted by Crippen LogP contribution is 2.37. The van der Waals surface area contributed by atoms with Crippen LogP contribution in [-0.4, -0.2) is 69.7 Å². The lowest BCUT2D eigenvalue weighted by Crippen LogP contribution is -2.43.